The summed E-state index contributed by atoms with van der Waals surface area (Å²) in [6.45, 7) is 4.80. The molecular weight excluding hydrogens is 236 g/mol. The third kappa shape index (κ3) is 3.93. The van der Waals surface area contributed by atoms with Crippen LogP contribution in [0.3, 0.4) is 0 Å². The monoisotopic (exact) mass is 258 g/mol. The van der Waals surface area contributed by atoms with Gasteiger partial charge in [-0.3, -0.25) is 4.79 Å². The van der Waals surface area contributed by atoms with Crippen molar-refractivity contribution < 1.29 is 4.79 Å². The number of hydrogen-bond donors (Lipinski definition) is 1. The first-order chi connectivity index (χ1) is 9.19. The van der Waals surface area contributed by atoms with E-state index >= 15 is 0 Å². The quantitative estimate of drug-likeness (QED) is 0.839. The van der Waals surface area contributed by atoms with Crippen LogP contribution in [0.4, 0.5) is 0 Å². The van der Waals surface area contributed by atoms with E-state index in [1.54, 1.807) is 6.08 Å². The predicted octanol–water partition coefficient (Wildman–Crippen LogP) is 2.08. The second kappa shape index (κ2) is 6.53. The predicted molar refractivity (Wildman–Crippen MR) is 78.8 cm³/mol. The molecule has 0 spiro atoms. The average molecular weight is 258 g/mol. The third-order valence-electron chi connectivity index (χ3n) is 3.55. The van der Waals surface area contributed by atoms with Gasteiger partial charge in [-0.05, 0) is 44.5 Å². The summed E-state index contributed by atoms with van der Waals surface area (Å²) in [5.41, 5.74) is 2.30. The molecule has 1 atom stereocenters. The number of carbonyl (C=O) groups excluding carboxylic acids is 1. The number of nitrogens with zero attached hydrogens (tertiary/aromatic N) is 1. The van der Waals surface area contributed by atoms with Crippen molar-refractivity contribution >= 4 is 12.0 Å². The molecule has 0 bridgehead atoms. The highest BCUT2D eigenvalue weighted by Gasteiger charge is 2.24. The highest BCUT2D eigenvalue weighted by molar-refractivity contribution is 5.91. The molecule has 1 N–H and O–H groups in total. The molecule has 1 amide bonds. The largest absolute Gasteiger partial charge is 0.339 e. The van der Waals surface area contributed by atoms with Gasteiger partial charge in [0.1, 0.15) is 0 Å². The summed E-state index contributed by atoms with van der Waals surface area (Å²) in [5.74, 6) is 0.724. The normalized spacial score (nSPS) is 19.3. The number of benzene rings is 1. The van der Waals surface area contributed by atoms with Crippen molar-refractivity contribution in [2.75, 3.05) is 26.7 Å². The van der Waals surface area contributed by atoms with Crippen LogP contribution in [-0.2, 0) is 4.79 Å². The number of hydrogen-bond acceptors (Lipinski definition) is 2. The molecule has 1 aromatic carbocycles. The van der Waals surface area contributed by atoms with E-state index in [1.807, 2.05) is 30.2 Å². The van der Waals surface area contributed by atoms with Gasteiger partial charge in [-0.1, -0.05) is 29.8 Å². The van der Waals surface area contributed by atoms with Gasteiger partial charge in [-0.15, -0.1) is 0 Å². The second-order valence-corrected chi connectivity index (χ2v) is 5.24. The van der Waals surface area contributed by atoms with Crippen LogP contribution in [0.15, 0.2) is 30.3 Å². The minimum atomic E-state index is 0.125. The van der Waals surface area contributed by atoms with Crippen molar-refractivity contribution in [3.8, 4) is 0 Å². The van der Waals surface area contributed by atoms with Gasteiger partial charge < -0.3 is 10.2 Å². The van der Waals surface area contributed by atoms with E-state index in [-0.39, 0.29) is 5.91 Å². The first-order valence-corrected chi connectivity index (χ1v) is 6.87. The zero-order valence-corrected chi connectivity index (χ0v) is 11.7. The standard InChI is InChI=1S/C16H22N2O/c1-13-4-3-5-14(10-13)6-7-16(19)18-9-8-15(12-18)11-17-2/h3-7,10,15,17H,8-9,11-12H2,1-2H3/b7-6+. The third-order valence-corrected chi connectivity index (χ3v) is 3.55. The molecule has 19 heavy (non-hydrogen) atoms. The Balaban J connectivity index is 1.91. The second-order valence-electron chi connectivity index (χ2n) is 5.24. The summed E-state index contributed by atoms with van der Waals surface area (Å²) >= 11 is 0. The van der Waals surface area contributed by atoms with Crippen LogP contribution in [0.5, 0.6) is 0 Å². The Hall–Kier alpha value is -1.61. The maximum atomic E-state index is 12.1. The molecule has 0 radical (unpaired) electrons. The van der Waals surface area contributed by atoms with Crippen LogP contribution in [0.25, 0.3) is 6.08 Å². The van der Waals surface area contributed by atoms with E-state index < -0.39 is 0 Å². The van der Waals surface area contributed by atoms with Crippen molar-refractivity contribution in [1.29, 1.82) is 0 Å². The van der Waals surface area contributed by atoms with Gasteiger partial charge in [-0.2, -0.15) is 0 Å². The van der Waals surface area contributed by atoms with E-state index in [9.17, 15) is 4.79 Å². The summed E-state index contributed by atoms with van der Waals surface area (Å²) in [4.78, 5) is 14.0. The first kappa shape index (κ1) is 13.8. The number of likely N-dealkylation sites (tertiary alicyclic amines) is 1. The van der Waals surface area contributed by atoms with Gasteiger partial charge in [0.25, 0.3) is 0 Å². The Morgan fingerprint density at radius 1 is 1.53 bits per heavy atom. The fourth-order valence-corrected chi connectivity index (χ4v) is 2.53. The molecule has 1 heterocycles. The van der Waals surface area contributed by atoms with Crippen molar-refractivity contribution in [3.05, 3.63) is 41.5 Å². The first-order valence-electron chi connectivity index (χ1n) is 6.87. The van der Waals surface area contributed by atoms with Crippen LogP contribution in [0, 0.1) is 12.8 Å². The van der Waals surface area contributed by atoms with Gasteiger partial charge >= 0.3 is 0 Å². The number of rotatable bonds is 4. The molecule has 1 unspecified atom stereocenters. The smallest absolute Gasteiger partial charge is 0.246 e. The fraction of sp³-hybridized carbons (Fsp3) is 0.438. The minimum Gasteiger partial charge on any atom is -0.339 e. The Bertz CT molecular complexity index is 468. The van der Waals surface area contributed by atoms with Gasteiger partial charge in [-0.25, -0.2) is 0 Å². The van der Waals surface area contributed by atoms with Crippen molar-refractivity contribution in [3.63, 3.8) is 0 Å². The summed E-state index contributed by atoms with van der Waals surface area (Å²) in [6, 6.07) is 8.17. The fourth-order valence-electron chi connectivity index (χ4n) is 2.53. The van der Waals surface area contributed by atoms with E-state index in [1.165, 1.54) is 5.56 Å². The summed E-state index contributed by atoms with van der Waals surface area (Å²) in [7, 11) is 1.96. The molecule has 3 heteroatoms. The lowest BCUT2D eigenvalue weighted by molar-refractivity contribution is -0.125. The lowest BCUT2D eigenvalue weighted by atomic mass is 10.1. The molecule has 3 nitrogen and oxygen atoms in total. The highest BCUT2D eigenvalue weighted by atomic mass is 16.2. The molecule has 102 valence electrons. The molecule has 1 fully saturated rings. The Morgan fingerprint density at radius 2 is 2.37 bits per heavy atom. The summed E-state index contributed by atoms with van der Waals surface area (Å²) in [5, 5.41) is 3.18. The summed E-state index contributed by atoms with van der Waals surface area (Å²) in [6.07, 6.45) is 4.70. The van der Waals surface area contributed by atoms with Gasteiger partial charge in [0.2, 0.25) is 5.91 Å². The van der Waals surface area contributed by atoms with Gasteiger partial charge in [0.05, 0.1) is 0 Å². The average Bonchev–Trinajstić information content (AvgIpc) is 2.85. The zero-order chi connectivity index (χ0) is 13.7. The topological polar surface area (TPSA) is 32.3 Å². The lowest BCUT2D eigenvalue weighted by Gasteiger charge is -2.14. The number of nitrogens with one attached hydrogen (secondary N) is 1. The van der Waals surface area contributed by atoms with E-state index in [0.29, 0.717) is 5.92 Å². The van der Waals surface area contributed by atoms with Crippen LogP contribution in [-0.4, -0.2) is 37.5 Å². The highest BCUT2D eigenvalue weighted by Crippen LogP contribution is 2.16. The van der Waals surface area contributed by atoms with E-state index in [2.05, 4.69) is 24.4 Å². The molecule has 2 rings (SSSR count). The molecule has 1 saturated heterocycles. The van der Waals surface area contributed by atoms with Crippen molar-refractivity contribution in [1.82, 2.24) is 10.2 Å². The van der Waals surface area contributed by atoms with Crippen molar-refractivity contribution in [2.24, 2.45) is 5.92 Å². The molecule has 0 aliphatic carbocycles. The maximum Gasteiger partial charge on any atom is 0.246 e. The number of carbonyl (C=O) groups is 1. The Kier molecular flexibility index (Phi) is 4.74. The SMILES string of the molecule is CNCC1CCN(C(=O)/C=C/c2cccc(C)c2)C1. The maximum absolute atomic E-state index is 12.1. The van der Waals surface area contributed by atoms with Gasteiger partial charge in [0, 0.05) is 19.2 Å². The van der Waals surface area contributed by atoms with E-state index in [0.717, 1.165) is 31.6 Å². The minimum absolute atomic E-state index is 0.125. The molecule has 1 aromatic rings. The molecule has 1 aliphatic rings. The Labute approximate surface area is 115 Å². The molecular formula is C16H22N2O. The van der Waals surface area contributed by atoms with Crippen LogP contribution in [0.2, 0.25) is 0 Å². The van der Waals surface area contributed by atoms with Gasteiger partial charge in [0.15, 0.2) is 0 Å². The number of amides is 1. The molecule has 0 aromatic heterocycles. The Morgan fingerprint density at radius 3 is 3.11 bits per heavy atom. The summed E-state index contributed by atoms with van der Waals surface area (Å²) < 4.78 is 0. The molecule has 1 aliphatic heterocycles. The van der Waals surface area contributed by atoms with Crippen LogP contribution in [0.1, 0.15) is 17.5 Å². The number of aryl methyl sites for hydroxylation is 1. The zero-order valence-electron chi connectivity index (χ0n) is 11.7. The van der Waals surface area contributed by atoms with Crippen LogP contribution >= 0.6 is 0 Å². The molecule has 0 saturated carbocycles. The lowest BCUT2D eigenvalue weighted by Crippen LogP contribution is -2.28. The van der Waals surface area contributed by atoms with Crippen molar-refractivity contribution in [2.45, 2.75) is 13.3 Å². The van der Waals surface area contributed by atoms with E-state index in [4.69, 9.17) is 0 Å². The van der Waals surface area contributed by atoms with Crippen LogP contribution < -0.4 is 5.32 Å².